The van der Waals surface area contributed by atoms with Gasteiger partial charge >= 0.3 is 0 Å². The lowest BCUT2D eigenvalue weighted by Crippen LogP contribution is -2.25. The molecule has 0 aliphatic carbocycles. The maximum Gasteiger partial charge on any atom is 0.211 e. The van der Waals surface area contributed by atoms with E-state index < -0.39 is 10.0 Å². The first-order valence-electron chi connectivity index (χ1n) is 4.54. The van der Waals surface area contributed by atoms with Gasteiger partial charge in [-0.1, -0.05) is 6.92 Å². The van der Waals surface area contributed by atoms with Crippen molar-refractivity contribution in [2.45, 2.75) is 26.8 Å². The van der Waals surface area contributed by atoms with Crippen LogP contribution < -0.4 is 4.72 Å². The fraction of sp³-hybridized carbons (Fsp3) is 0.556. The molecule has 0 aliphatic heterocycles. The van der Waals surface area contributed by atoms with Gasteiger partial charge in [-0.3, -0.25) is 0 Å². The maximum atomic E-state index is 11.3. The van der Waals surface area contributed by atoms with Gasteiger partial charge in [-0.25, -0.2) is 13.1 Å². The van der Waals surface area contributed by atoms with E-state index in [0.717, 1.165) is 11.1 Å². The Morgan fingerprint density at radius 1 is 1.43 bits per heavy atom. The van der Waals surface area contributed by atoms with Crippen LogP contribution in [0.3, 0.4) is 0 Å². The van der Waals surface area contributed by atoms with Crippen molar-refractivity contribution < 1.29 is 8.42 Å². The number of thiophene rings is 1. The minimum Gasteiger partial charge on any atom is -0.212 e. The number of aryl methyl sites for hydroxylation is 1. The lowest BCUT2D eigenvalue weighted by Gasteiger charge is -2.04. The fourth-order valence-electron chi connectivity index (χ4n) is 1.10. The Bertz CT molecular complexity index is 381. The smallest absolute Gasteiger partial charge is 0.211 e. The third kappa shape index (κ3) is 3.40. The molecule has 0 spiro atoms. The molecule has 0 saturated heterocycles. The second-order valence-corrected chi connectivity index (χ2v) is 5.89. The van der Waals surface area contributed by atoms with Gasteiger partial charge in [-0.15, -0.1) is 0 Å². The number of hydrogen-bond acceptors (Lipinski definition) is 3. The molecule has 1 aromatic rings. The molecule has 1 N–H and O–H groups in total. The highest BCUT2D eigenvalue weighted by atomic mass is 32.2. The third-order valence-electron chi connectivity index (χ3n) is 1.92. The molecule has 0 unspecified atom stereocenters. The van der Waals surface area contributed by atoms with E-state index in [1.54, 1.807) is 11.3 Å². The average molecular weight is 233 g/mol. The average Bonchev–Trinajstić information content (AvgIpc) is 2.48. The molecule has 0 aliphatic rings. The highest BCUT2D eigenvalue weighted by Gasteiger charge is 2.08. The first-order valence-corrected chi connectivity index (χ1v) is 7.13. The van der Waals surface area contributed by atoms with Gasteiger partial charge in [0, 0.05) is 6.54 Å². The molecular weight excluding hydrogens is 218 g/mol. The number of rotatable bonds is 5. The van der Waals surface area contributed by atoms with Crippen LogP contribution in [0.25, 0.3) is 0 Å². The molecule has 80 valence electrons. The Morgan fingerprint density at radius 2 is 2.14 bits per heavy atom. The SMILES string of the molecule is CCCS(=O)(=O)NCc1cscc1C. The Kier molecular flexibility index (Phi) is 4.10. The predicted molar refractivity (Wildman–Crippen MR) is 60.0 cm³/mol. The van der Waals surface area contributed by atoms with E-state index in [-0.39, 0.29) is 5.75 Å². The van der Waals surface area contributed by atoms with Gasteiger partial charge in [-0.2, -0.15) is 11.3 Å². The maximum absolute atomic E-state index is 11.3. The van der Waals surface area contributed by atoms with E-state index in [1.165, 1.54) is 0 Å². The molecule has 0 atom stereocenters. The van der Waals surface area contributed by atoms with Gasteiger partial charge in [-0.05, 0) is 35.2 Å². The van der Waals surface area contributed by atoms with E-state index in [1.807, 2.05) is 24.6 Å². The molecule has 14 heavy (non-hydrogen) atoms. The molecule has 0 saturated carbocycles. The van der Waals surface area contributed by atoms with Crippen LogP contribution in [0.5, 0.6) is 0 Å². The molecule has 0 amide bonds. The van der Waals surface area contributed by atoms with Crippen molar-refractivity contribution in [1.29, 1.82) is 0 Å². The van der Waals surface area contributed by atoms with Crippen LogP contribution in [0.1, 0.15) is 24.5 Å². The van der Waals surface area contributed by atoms with Gasteiger partial charge in [0.1, 0.15) is 0 Å². The standard InChI is InChI=1S/C9H15NO2S2/c1-3-4-14(11,12)10-5-9-7-13-6-8(9)2/h6-7,10H,3-5H2,1-2H3. The summed E-state index contributed by atoms with van der Waals surface area (Å²) < 4.78 is 25.2. The Hall–Kier alpha value is -0.390. The second-order valence-electron chi connectivity index (χ2n) is 3.22. The Morgan fingerprint density at radius 3 is 2.64 bits per heavy atom. The van der Waals surface area contributed by atoms with E-state index >= 15 is 0 Å². The van der Waals surface area contributed by atoms with Crippen LogP contribution in [0.4, 0.5) is 0 Å². The quantitative estimate of drug-likeness (QED) is 0.844. The van der Waals surface area contributed by atoms with Crippen molar-refractivity contribution in [3.8, 4) is 0 Å². The molecule has 0 fully saturated rings. The summed E-state index contributed by atoms with van der Waals surface area (Å²) in [6.07, 6.45) is 0.651. The van der Waals surface area contributed by atoms with Crippen molar-refractivity contribution in [1.82, 2.24) is 4.72 Å². The highest BCUT2D eigenvalue weighted by molar-refractivity contribution is 7.89. The van der Waals surface area contributed by atoms with Gasteiger partial charge in [0.05, 0.1) is 5.75 Å². The van der Waals surface area contributed by atoms with Crippen LogP contribution in [0, 0.1) is 6.92 Å². The van der Waals surface area contributed by atoms with Crippen LogP contribution in [-0.4, -0.2) is 14.2 Å². The van der Waals surface area contributed by atoms with Crippen LogP contribution in [-0.2, 0) is 16.6 Å². The first-order chi connectivity index (χ1) is 6.55. The number of sulfonamides is 1. The lowest BCUT2D eigenvalue weighted by molar-refractivity contribution is 0.580. The molecule has 1 heterocycles. The predicted octanol–water partition coefficient (Wildman–Crippen LogP) is 1.89. The molecule has 0 radical (unpaired) electrons. The van der Waals surface area contributed by atoms with Crippen molar-refractivity contribution in [3.05, 3.63) is 21.9 Å². The van der Waals surface area contributed by atoms with Crippen LogP contribution in [0.2, 0.25) is 0 Å². The van der Waals surface area contributed by atoms with Crippen molar-refractivity contribution in [2.75, 3.05) is 5.75 Å². The summed E-state index contributed by atoms with van der Waals surface area (Å²) in [6.45, 7) is 4.26. The summed E-state index contributed by atoms with van der Waals surface area (Å²) in [6, 6.07) is 0. The minimum absolute atomic E-state index is 0.205. The number of hydrogen-bond donors (Lipinski definition) is 1. The van der Waals surface area contributed by atoms with E-state index in [2.05, 4.69) is 4.72 Å². The summed E-state index contributed by atoms with van der Waals surface area (Å²) in [7, 11) is -3.07. The minimum atomic E-state index is -3.07. The van der Waals surface area contributed by atoms with E-state index in [0.29, 0.717) is 13.0 Å². The molecule has 1 rings (SSSR count). The van der Waals surface area contributed by atoms with Crippen molar-refractivity contribution >= 4 is 21.4 Å². The third-order valence-corrected chi connectivity index (χ3v) is 4.36. The Labute approximate surface area is 89.2 Å². The monoisotopic (exact) mass is 233 g/mol. The van der Waals surface area contributed by atoms with Gasteiger partial charge in [0.25, 0.3) is 0 Å². The fourth-order valence-corrected chi connectivity index (χ4v) is 3.01. The van der Waals surface area contributed by atoms with Gasteiger partial charge < -0.3 is 0 Å². The van der Waals surface area contributed by atoms with Crippen LogP contribution in [0.15, 0.2) is 10.8 Å². The Balaban J connectivity index is 2.53. The number of nitrogens with one attached hydrogen (secondary N) is 1. The van der Waals surface area contributed by atoms with E-state index in [9.17, 15) is 8.42 Å². The summed E-state index contributed by atoms with van der Waals surface area (Å²) in [4.78, 5) is 0. The first kappa shape index (κ1) is 11.7. The highest BCUT2D eigenvalue weighted by Crippen LogP contribution is 2.13. The normalized spacial score (nSPS) is 11.9. The molecular formula is C9H15NO2S2. The zero-order valence-corrected chi connectivity index (χ0v) is 10.0. The molecule has 3 nitrogen and oxygen atoms in total. The topological polar surface area (TPSA) is 46.2 Å². The molecule has 5 heteroatoms. The molecule has 1 aromatic heterocycles. The molecule has 0 bridgehead atoms. The second kappa shape index (κ2) is 4.91. The zero-order valence-electron chi connectivity index (χ0n) is 8.41. The molecule has 0 aromatic carbocycles. The summed E-state index contributed by atoms with van der Waals surface area (Å²) in [5, 5.41) is 3.99. The lowest BCUT2D eigenvalue weighted by atomic mass is 10.2. The zero-order chi connectivity index (χ0) is 10.6. The van der Waals surface area contributed by atoms with Gasteiger partial charge in [0.2, 0.25) is 10.0 Å². The van der Waals surface area contributed by atoms with E-state index in [4.69, 9.17) is 0 Å². The van der Waals surface area contributed by atoms with Crippen molar-refractivity contribution in [2.24, 2.45) is 0 Å². The van der Waals surface area contributed by atoms with Crippen LogP contribution >= 0.6 is 11.3 Å². The largest absolute Gasteiger partial charge is 0.212 e. The summed E-state index contributed by atoms with van der Waals surface area (Å²) >= 11 is 1.60. The van der Waals surface area contributed by atoms with Crippen molar-refractivity contribution in [3.63, 3.8) is 0 Å². The summed E-state index contributed by atoms with van der Waals surface area (Å²) in [5.74, 6) is 0.205. The van der Waals surface area contributed by atoms with Gasteiger partial charge in [0.15, 0.2) is 0 Å². The summed E-state index contributed by atoms with van der Waals surface area (Å²) in [5.41, 5.74) is 2.21.